The van der Waals surface area contributed by atoms with Crippen molar-refractivity contribution in [3.63, 3.8) is 0 Å². The molecule has 0 aliphatic rings. The lowest BCUT2D eigenvalue weighted by Crippen LogP contribution is -2.01. The Labute approximate surface area is 104 Å². The molecule has 1 aromatic rings. The van der Waals surface area contributed by atoms with E-state index in [1.54, 1.807) is 0 Å². The fourth-order valence-corrected chi connectivity index (χ4v) is 2.01. The summed E-state index contributed by atoms with van der Waals surface area (Å²) in [5.74, 6) is 0.684. The second kappa shape index (κ2) is 6.33. The Morgan fingerprint density at radius 1 is 1.47 bits per heavy atom. The largest absolute Gasteiger partial charge is 0.268 e. The van der Waals surface area contributed by atoms with Gasteiger partial charge in [-0.2, -0.15) is 5.10 Å². The first-order chi connectivity index (χ1) is 7.20. The zero-order valence-corrected chi connectivity index (χ0v) is 11.5. The van der Waals surface area contributed by atoms with Gasteiger partial charge in [0.15, 0.2) is 0 Å². The van der Waals surface area contributed by atoms with E-state index in [0.29, 0.717) is 5.88 Å². The van der Waals surface area contributed by atoms with E-state index in [9.17, 15) is 0 Å². The Balaban J connectivity index is 2.74. The maximum Gasteiger partial charge on any atom is 0.0738 e. The van der Waals surface area contributed by atoms with Gasteiger partial charge in [-0.3, -0.25) is 4.68 Å². The number of rotatable bonds is 5. The average Bonchev–Trinajstić information content (AvgIpc) is 2.51. The molecule has 0 aliphatic carbocycles. The third kappa shape index (κ3) is 3.35. The van der Waals surface area contributed by atoms with Crippen molar-refractivity contribution < 1.29 is 0 Å². The summed E-state index contributed by atoms with van der Waals surface area (Å²) >= 11 is 9.17. The van der Waals surface area contributed by atoms with Gasteiger partial charge in [-0.05, 0) is 36.2 Å². The zero-order valence-electron chi connectivity index (χ0n) is 9.13. The summed E-state index contributed by atoms with van der Waals surface area (Å²) < 4.78 is 3.16. The van der Waals surface area contributed by atoms with Crippen LogP contribution in [-0.4, -0.2) is 15.7 Å². The quantitative estimate of drug-likeness (QED) is 0.597. The number of nitrogens with zero attached hydrogens (tertiary/aromatic N) is 2. The van der Waals surface area contributed by atoms with Gasteiger partial charge in [-0.15, -0.1) is 11.6 Å². The van der Waals surface area contributed by atoms with Gasteiger partial charge in [0.25, 0.3) is 0 Å². The Hall–Kier alpha value is -0.280. The number of allylic oxidation sites excluding steroid dienone is 2. The van der Waals surface area contributed by atoms with Gasteiger partial charge < -0.3 is 0 Å². The second-order valence-corrected chi connectivity index (χ2v) is 4.49. The van der Waals surface area contributed by atoms with Gasteiger partial charge in [0.2, 0.25) is 0 Å². The van der Waals surface area contributed by atoms with Gasteiger partial charge in [0.1, 0.15) is 0 Å². The predicted octanol–water partition coefficient (Wildman–Crippen LogP) is 3.70. The Bertz CT molecular complexity index is 345. The number of hydrogen-bond acceptors (Lipinski definition) is 1. The average molecular weight is 292 g/mol. The van der Waals surface area contributed by atoms with Crippen LogP contribution in [0.15, 0.2) is 16.6 Å². The number of hydrogen-bond donors (Lipinski definition) is 0. The molecule has 0 saturated carbocycles. The zero-order chi connectivity index (χ0) is 11.3. The molecule has 0 bridgehead atoms. The summed E-state index contributed by atoms with van der Waals surface area (Å²) in [6, 6.07) is 0. The number of aromatic nitrogens is 2. The summed E-state index contributed by atoms with van der Waals surface area (Å²) in [5, 5.41) is 4.44. The van der Waals surface area contributed by atoms with Crippen molar-refractivity contribution in [3.8, 4) is 0 Å². The maximum atomic E-state index is 5.60. The van der Waals surface area contributed by atoms with Crippen molar-refractivity contribution in [1.82, 2.24) is 9.78 Å². The monoisotopic (exact) mass is 290 g/mol. The lowest BCUT2D eigenvalue weighted by atomic mass is 10.2. The van der Waals surface area contributed by atoms with Crippen LogP contribution in [-0.2, 0) is 13.0 Å². The van der Waals surface area contributed by atoms with Crippen molar-refractivity contribution in [1.29, 1.82) is 0 Å². The van der Waals surface area contributed by atoms with E-state index in [1.807, 2.05) is 11.6 Å². The lowest BCUT2D eigenvalue weighted by molar-refractivity contribution is 0.626. The highest BCUT2D eigenvalue weighted by molar-refractivity contribution is 9.10. The van der Waals surface area contributed by atoms with E-state index in [1.165, 1.54) is 5.69 Å². The molecule has 0 aliphatic heterocycles. The first kappa shape index (κ1) is 12.8. The van der Waals surface area contributed by atoms with Crippen molar-refractivity contribution >= 4 is 27.5 Å². The molecular weight excluding hydrogens is 275 g/mol. The third-order valence-electron chi connectivity index (χ3n) is 2.21. The van der Waals surface area contributed by atoms with E-state index >= 15 is 0 Å². The molecule has 1 rings (SSSR count). The molecule has 0 fully saturated rings. The molecular formula is C11H16BrClN2. The molecule has 0 N–H and O–H groups in total. The van der Waals surface area contributed by atoms with Crippen molar-refractivity contribution in [3.05, 3.63) is 28.0 Å². The van der Waals surface area contributed by atoms with Gasteiger partial charge >= 0.3 is 0 Å². The van der Waals surface area contributed by atoms with Crippen molar-refractivity contribution in [2.75, 3.05) is 5.88 Å². The van der Waals surface area contributed by atoms with Crippen LogP contribution in [0.3, 0.4) is 0 Å². The second-order valence-electron chi connectivity index (χ2n) is 3.32. The molecule has 1 heterocycles. The lowest BCUT2D eigenvalue weighted by Gasteiger charge is -2.01. The molecule has 0 saturated heterocycles. The Kier molecular flexibility index (Phi) is 5.40. The fraction of sp³-hybridized carbons (Fsp3) is 0.545. The molecule has 4 heteroatoms. The minimum absolute atomic E-state index is 0.684. The number of halogens is 2. The van der Waals surface area contributed by atoms with Crippen molar-refractivity contribution in [2.45, 2.75) is 33.2 Å². The summed E-state index contributed by atoms with van der Waals surface area (Å²) in [6.45, 7) is 5.03. The highest BCUT2D eigenvalue weighted by Crippen LogP contribution is 2.21. The van der Waals surface area contributed by atoms with E-state index in [4.69, 9.17) is 11.6 Å². The first-order valence-electron chi connectivity index (χ1n) is 5.13. The number of aryl methyl sites for hydroxylation is 2. The van der Waals surface area contributed by atoms with E-state index in [2.05, 4.69) is 40.1 Å². The number of alkyl halides is 1. The summed E-state index contributed by atoms with van der Waals surface area (Å²) in [6.07, 6.45) is 6.10. The minimum Gasteiger partial charge on any atom is -0.268 e. The molecule has 2 nitrogen and oxygen atoms in total. The van der Waals surface area contributed by atoms with Gasteiger partial charge in [-0.1, -0.05) is 12.2 Å². The van der Waals surface area contributed by atoms with Crippen LogP contribution < -0.4 is 0 Å². The molecule has 15 heavy (non-hydrogen) atoms. The molecule has 1 aromatic heterocycles. The van der Waals surface area contributed by atoms with Crippen molar-refractivity contribution in [2.24, 2.45) is 0 Å². The third-order valence-corrected chi connectivity index (χ3v) is 3.46. The summed E-state index contributed by atoms with van der Waals surface area (Å²) in [5.41, 5.74) is 2.29. The van der Waals surface area contributed by atoms with Gasteiger partial charge in [0, 0.05) is 18.8 Å². The molecule has 0 aromatic carbocycles. The van der Waals surface area contributed by atoms with Crippen LogP contribution in [0.1, 0.15) is 24.7 Å². The van der Waals surface area contributed by atoms with E-state index in [0.717, 1.165) is 29.6 Å². The SMILES string of the molecule is CCn1nc(C)c(Br)c1CC=CCCCl. The maximum absolute atomic E-state index is 5.60. The molecule has 0 unspecified atom stereocenters. The van der Waals surface area contributed by atoms with Gasteiger partial charge in [-0.25, -0.2) is 0 Å². The smallest absolute Gasteiger partial charge is 0.0738 e. The van der Waals surface area contributed by atoms with Gasteiger partial charge in [0.05, 0.1) is 15.9 Å². The highest BCUT2D eigenvalue weighted by Gasteiger charge is 2.09. The van der Waals surface area contributed by atoms with E-state index in [-0.39, 0.29) is 0 Å². The molecule has 0 atom stereocenters. The van der Waals surface area contributed by atoms with E-state index < -0.39 is 0 Å². The van der Waals surface area contributed by atoms with Crippen LogP contribution in [0.2, 0.25) is 0 Å². The Morgan fingerprint density at radius 2 is 2.20 bits per heavy atom. The normalized spacial score (nSPS) is 11.5. The van der Waals surface area contributed by atoms with Crippen LogP contribution >= 0.6 is 27.5 Å². The molecule has 0 radical (unpaired) electrons. The molecule has 0 spiro atoms. The van der Waals surface area contributed by atoms with Crippen LogP contribution in [0.25, 0.3) is 0 Å². The van der Waals surface area contributed by atoms with Crippen LogP contribution in [0.4, 0.5) is 0 Å². The highest BCUT2D eigenvalue weighted by atomic mass is 79.9. The van der Waals surface area contributed by atoms with Crippen LogP contribution in [0.5, 0.6) is 0 Å². The standard InChI is InChI=1S/C11H16BrClN2/c1-3-15-10(7-5-4-6-8-13)11(12)9(2)14-15/h4-5H,3,6-8H2,1-2H3. The predicted molar refractivity (Wildman–Crippen MR) is 68.5 cm³/mol. The van der Waals surface area contributed by atoms with Crippen LogP contribution in [0, 0.1) is 6.92 Å². The first-order valence-corrected chi connectivity index (χ1v) is 6.46. The summed E-state index contributed by atoms with van der Waals surface area (Å²) in [4.78, 5) is 0. The minimum atomic E-state index is 0.684. The fourth-order valence-electron chi connectivity index (χ4n) is 1.44. The topological polar surface area (TPSA) is 17.8 Å². The summed E-state index contributed by atoms with van der Waals surface area (Å²) in [7, 11) is 0. The molecule has 84 valence electrons. The Morgan fingerprint density at radius 3 is 2.80 bits per heavy atom. The molecule has 0 amide bonds.